The molecular weight excluding hydrogens is 380 g/mol. The molecule has 0 aliphatic heterocycles. The van der Waals surface area contributed by atoms with Crippen LogP contribution < -0.4 is 13.8 Å². The summed E-state index contributed by atoms with van der Waals surface area (Å²) in [4.78, 5) is 14.4. The number of sulfonamides is 1. The molecule has 2 rings (SSSR count). The molecule has 28 heavy (non-hydrogen) atoms. The largest absolute Gasteiger partial charge is 0.497 e. The number of likely N-dealkylation sites (N-methyl/N-ethyl adjacent to an activating group) is 1. The molecule has 2 aromatic rings. The molecule has 2 aromatic carbocycles. The number of hydrogen-bond donors (Lipinski definition) is 0. The van der Waals surface area contributed by atoms with Crippen LogP contribution >= 0.6 is 0 Å². The molecule has 1 amide bonds. The number of anilines is 1. The molecule has 8 heteroatoms. The van der Waals surface area contributed by atoms with E-state index in [0.29, 0.717) is 18.0 Å². The summed E-state index contributed by atoms with van der Waals surface area (Å²) < 4.78 is 36.2. The summed E-state index contributed by atoms with van der Waals surface area (Å²) in [7, 11) is 1.10. The minimum atomic E-state index is -3.67. The van der Waals surface area contributed by atoms with Gasteiger partial charge in [-0.3, -0.25) is 9.10 Å². The Morgan fingerprint density at radius 2 is 1.43 bits per heavy atom. The Labute approximate surface area is 166 Å². The molecule has 0 aliphatic carbocycles. The van der Waals surface area contributed by atoms with Gasteiger partial charge in [-0.1, -0.05) is 12.1 Å². The third kappa shape index (κ3) is 5.16. The van der Waals surface area contributed by atoms with Crippen molar-refractivity contribution in [2.75, 3.05) is 31.8 Å². The van der Waals surface area contributed by atoms with Gasteiger partial charge in [0.25, 0.3) is 0 Å². The number of hydrogen-bond acceptors (Lipinski definition) is 5. The van der Waals surface area contributed by atoms with Gasteiger partial charge in [-0.25, -0.2) is 8.42 Å². The van der Waals surface area contributed by atoms with Gasteiger partial charge in [0, 0.05) is 13.6 Å². The minimum absolute atomic E-state index is 0.308. The average Bonchev–Trinajstić information content (AvgIpc) is 2.67. The second-order valence-corrected chi connectivity index (χ2v) is 8.33. The summed E-state index contributed by atoms with van der Waals surface area (Å²) >= 11 is 0. The third-order valence-corrected chi connectivity index (χ3v) is 5.59. The molecule has 0 spiro atoms. The molecule has 0 saturated carbocycles. The highest BCUT2D eigenvalue weighted by Crippen LogP contribution is 2.24. The molecule has 0 heterocycles. The fourth-order valence-corrected chi connectivity index (χ4v) is 4.10. The Bertz CT molecular complexity index is 895. The first kappa shape index (κ1) is 21.6. The molecule has 152 valence electrons. The van der Waals surface area contributed by atoms with E-state index >= 15 is 0 Å². The van der Waals surface area contributed by atoms with Crippen molar-refractivity contribution < 1.29 is 22.7 Å². The van der Waals surface area contributed by atoms with Gasteiger partial charge in [-0.15, -0.1) is 0 Å². The molecule has 0 bridgehead atoms. The van der Waals surface area contributed by atoms with Crippen molar-refractivity contribution in [3.63, 3.8) is 0 Å². The number of methoxy groups -OCH3 is 2. The lowest BCUT2D eigenvalue weighted by Gasteiger charge is -2.31. The number of ether oxygens (including phenoxy) is 2. The lowest BCUT2D eigenvalue weighted by Crippen LogP contribution is -2.48. The maximum Gasteiger partial charge on any atom is 0.246 e. The summed E-state index contributed by atoms with van der Waals surface area (Å²) in [5, 5.41) is 0. The highest BCUT2D eigenvalue weighted by atomic mass is 32.2. The summed E-state index contributed by atoms with van der Waals surface area (Å²) in [6.45, 7) is 1.94. The number of nitrogens with zero attached hydrogens (tertiary/aromatic N) is 2. The fourth-order valence-electron chi connectivity index (χ4n) is 2.93. The zero-order chi connectivity index (χ0) is 20.9. The van der Waals surface area contributed by atoms with E-state index in [2.05, 4.69) is 0 Å². The SMILES string of the molecule is COc1ccc(CN(C)C(=O)C(C)N(c2ccc(OC)cc2)S(C)(=O)=O)cc1. The van der Waals surface area contributed by atoms with Crippen molar-refractivity contribution >= 4 is 21.6 Å². The molecule has 0 aromatic heterocycles. The lowest BCUT2D eigenvalue weighted by molar-refractivity contribution is -0.131. The van der Waals surface area contributed by atoms with Crippen molar-refractivity contribution in [2.24, 2.45) is 0 Å². The van der Waals surface area contributed by atoms with Crippen LogP contribution in [0, 0.1) is 0 Å². The Balaban J connectivity index is 2.21. The van der Waals surface area contributed by atoms with Crippen molar-refractivity contribution in [3.05, 3.63) is 54.1 Å². The number of benzene rings is 2. The molecule has 0 aliphatic rings. The summed E-state index contributed by atoms with van der Waals surface area (Å²) in [6, 6.07) is 13.0. The van der Waals surface area contributed by atoms with Gasteiger partial charge in [0.15, 0.2) is 0 Å². The highest BCUT2D eigenvalue weighted by Gasteiger charge is 2.31. The zero-order valence-electron chi connectivity index (χ0n) is 16.7. The van der Waals surface area contributed by atoms with E-state index in [-0.39, 0.29) is 5.91 Å². The monoisotopic (exact) mass is 406 g/mol. The first-order valence-electron chi connectivity index (χ1n) is 8.68. The van der Waals surface area contributed by atoms with E-state index < -0.39 is 16.1 Å². The molecule has 0 radical (unpaired) electrons. The number of rotatable bonds is 8. The van der Waals surface area contributed by atoms with Gasteiger partial charge < -0.3 is 14.4 Å². The average molecular weight is 407 g/mol. The normalized spacial score (nSPS) is 12.2. The van der Waals surface area contributed by atoms with Gasteiger partial charge in [-0.05, 0) is 48.9 Å². The second-order valence-electron chi connectivity index (χ2n) is 6.48. The molecule has 7 nitrogen and oxygen atoms in total. The van der Waals surface area contributed by atoms with Crippen LogP contribution in [0.2, 0.25) is 0 Å². The third-order valence-electron chi connectivity index (χ3n) is 4.35. The first-order chi connectivity index (χ1) is 13.2. The summed E-state index contributed by atoms with van der Waals surface area (Å²) in [5.41, 5.74) is 1.32. The summed E-state index contributed by atoms with van der Waals surface area (Å²) in [6.07, 6.45) is 1.09. The Morgan fingerprint density at radius 1 is 0.964 bits per heavy atom. The van der Waals surface area contributed by atoms with Crippen LogP contribution in [0.3, 0.4) is 0 Å². The van der Waals surface area contributed by atoms with Gasteiger partial charge >= 0.3 is 0 Å². The standard InChI is InChI=1S/C20H26N2O5S/c1-15(20(23)21(2)14-16-6-10-18(26-3)11-7-16)22(28(5,24)25)17-8-12-19(27-4)13-9-17/h6-13,15H,14H2,1-5H3. The predicted molar refractivity (Wildman–Crippen MR) is 109 cm³/mol. The Hall–Kier alpha value is -2.74. The van der Waals surface area contributed by atoms with Gasteiger partial charge in [0.1, 0.15) is 17.5 Å². The zero-order valence-corrected chi connectivity index (χ0v) is 17.6. The first-order valence-corrected chi connectivity index (χ1v) is 10.5. The van der Waals surface area contributed by atoms with Crippen molar-refractivity contribution in [1.82, 2.24) is 4.90 Å². The van der Waals surface area contributed by atoms with E-state index in [0.717, 1.165) is 21.9 Å². The van der Waals surface area contributed by atoms with Crippen molar-refractivity contribution in [1.29, 1.82) is 0 Å². The van der Waals surface area contributed by atoms with Gasteiger partial charge in [-0.2, -0.15) is 0 Å². The molecule has 0 fully saturated rings. The number of carbonyl (C=O) groups is 1. The smallest absolute Gasteiger partial charge is 0.246 e. The van der Waals surface area contributed by atoms with Crippen LogP contribution in [0.4, 0.5) is 5.69 Å². The van der Waals surface area contributed by atoms with Gasteiger partial charge in [0.05, 0.1) is 26.2 Å². The maximum atomic E-state index is 12.9. The Kier molecular flexibility index (Phi) is 6.90. The van der Waals surface area contributed by atoms with E-state index in [9.17, 15) is 13.2 Å². The lowest BCUT2D eigenvalue weighted by atomic mass is 10.2. The maximum absolute atomic E-state index is 12.9. The molecular formula is C20H26N2O5S. The molecule has 0 N–H and O–H groups in total. The molecule has 0 saturated heterocycles. The molecule has 1 atom stereocenters. The van der Waals surface area contributed by atoms with Gasteiger partial charge in [0.2, 0.25) is 15.9 Å². The van der Waals surface area contributed by atoms with Crippen molar-refractivity contribution in [2.45, 2.75) is 19.5 Å². The van der Waals surface area contributed by atoms with Crippen LogP contribution in [0.15, 0.2) is 48.5 Å². The molecule has 1 unspecified atom stereocenters. The van der Waals surface area contributed by atoms with Crippen LogP contribution in [0.25, 0.3) is 0 Å². The van der Waals surface area contributed by atoms with Crippen LogP contribution in [-0.2, 0) is 21.4 Å². The highest BCUT2D eigenvalue weighted by molar-refractivity contribution is 7.92. The van der Waals surface area contributed by atoms with Crippen LogP contribution in [0.5, 0.6) is 11.5 Å². The van der Waals surface area contributed by atoms with Crippen LogP contribution in [-0.4, -0.2) is 52.8 Å². The van der Waals surface area contributed by atoms with E-state index in [1.807, 2.05) is 24.3 Å². The fraction of sp³-hybridized carbons (Fsp3) is 0.350. The van der Waals surface area contributed by atoms with E-state index in [1.165, 1.54) is 12.0 Å². The number of amides is 1. The predicted octanol–water partition coefficient (Wildman–Crippen LogP) is 2.52. The number of carbonyl (C=O) groups excluding carboxylic acids is 1. The summed E-state index contributed by atoms with van der Waals surface area (Å²) in [5.74, 6) is 1.03. The van der Waals surface area contributed by atoms with E-state index in [4.69, 9.17) is 9.47 Å². The quantitative estimate of drug-likeness (QED) is 0.673. The van der Waals surface area contributed by atoms with Crippen molar-refractivity contribution in [3.8, 4) is 11.5 Å². The van der Waals surface area contributed by atoms with E-state index in [1.54, 1.807) is 45.3 Å². The topological polar surface area (TPSA) is 76.2 Å². The Morgan fingerprint density at radius 3 is 1.86 bits per heavy atom. The second kappa shape index (κ2) is 8.97. The van der Waals surface area contributed by atoms with Crippen LogP contribution in [0.1, 0.15) is 12.5 Å². The minimum Gasteiger partial charge on any atom is -0.497 e.